The van der Waals surface area contributed by atoms with Crippen molar-refractivity contribution in [3.63, 3.8) is 0 Å². The number of halogens is 1. The predicted molar refractivity (Wildman–Crippen MR) is 65.2 cm³/mol. The summed E-state index contributed by atoms with van der Waals surface area (Å²) in [6, 6.07) is 6.92. The van der Waals surface area contributed by atoms with Crippen molar-refractivity contribution in [2.75, 3.05) is 6.61 Å². The van der Waals surface area contributed by atoms with E-state index in [2.05, 4.69) is 11.7 Å². The molecule has 0 aromatic heterocycles. The maximum Gasteiger partial charge on any atom is 0.293 e. The lowest BCUT2D eigenvalue weighted by Gasteiger charge is -2.32. The summed E-state index contributed by atoms with van der Waals surface area (Å²) in [4.78, 5) is 9.18. The van der Waals surface area contributed by atoms with Gasteiger partial charge in [0.15, 0.2) is 0 Å². The summed E-state index contributed by atoms with van der Waals surface area (Å²) in [6.45, 7) is 4.93. The van der Waals surface area contributed by atoms with Crippen LogP contribution in [0.3, 0.4) is 0 Å². The summed E-state index contributed by atoms with van der Waals surface area (Å²) >= 11 is 0. The van der Waals surface area contributed by atoms with Crippen LogP contribution in [-0.2, 0) is 9.53 Å². The highest BCUT2D eigenvalue weighted by molar-refractivity contribution is 5.36. The summed E-state index contributed by atoms with van der Waals surface area (Å²) < 4.78 is 16.7. The van der Waals surface area contributed by atoms with Crippen molar-refractivity contribution >= 4 is 6.47 Å². The molecule has 1 aliphatic rings. The molecule has 1 aliphatic carbocycles. The topological polar surface area (TPSA) is 26.3 Å². The van der Waals surface area contributed by atoms with Gasteiger partial charge in [0.05, 0.1) is 6.61 Å². The second-order valence-corrected chi connectivity index (χ2v) is 4.38. The molecule has 94 valence electrons. The normalized spacial score (nSPS) is 21.8. The van der Waals surface area contributed by atoms with Crippen LogP contribution in [0.1, 0.15) is 38.2 Å². The van der Waals surface area contributed by atoms with Crippen molar-refractivity contribution in [2.45, 2.75) is 32.6 Å². The Morgan fingerprint density at radius 2 is 1.94 bits per heavy atom. The van der Waals surface area contributed by atoms with Gasteiger partial charge in [-0.2, -0.15) is 0 Å². The summed E-state index contributed by atoms with van der Waals surface area (Å²) in [5, 5.41) is 0. The molecule has 0 radical (unpaired) electrons. The average molecular weight is 238 g/mol. The molecule has 2 nitrogen and oxygen atoms in total. The number of ether oxygens (including phenoxy) is 1. The van der Waals surface area contributed by atoms with Gasteiger partial charge in [-0.05, 0) is 49.3 Å². The fourth-order valence-corrected chi connectivity index (χ4v) is 1.98. The largest absolute Gasteiger partial charge is 0.468 e. The predicted octanol–water partition coefficient (Wildman–Crippen LogP) is 3.52. The van der Waals surface area contributed by atoms with Gasteiger partial charge in [0, 0.05) is 0 Å². The Morgan fingerprint density at radius 3 is 2.29 bits per heavy atom. The van der Waals surface area contributed by atoms with Gasteiger partial charge in [-0.15, -0.1) is 0 Å². The molecule has 1 aromatic carbocycles. The van der Waals surface area contributed by atoms with Gasteiger partial charge < -0.3 is 4.74 Å². The van der Waals surface area contributed by atoms with E-state index in [1.54, 1.807) is 19.1 Å². The van der Waals surface area contributed by atoms with Crippen LogP contribution >= 0.6 is 0 Å². The third-order valence-corrected chi connectivity index (χ3v) is 2.95. The first-order valence-corrected chi connectivity index (χ1v) is 5.98. The van der Waals surface area contributed by atoms with Gasteiger partial charge in [0.1, 0.15) is 5.82 Å². The Labute approximate surface area is 102 Å². The monoisotopic (exact) mass is 238 g/mol. The van der Waals surface area contributed by atoms with E-state index in [1.165, 1.54) is 18.4 Å². The molecular weight excluding hydrogens is 219 g/mol. The van der Waals surface area contributed by atoms with Crippen LogP contribution in [-0.4, -0.2) is 13.1 Å². The quantitative estimate of drug-likeness (QED) is 0.753. The molecule has 0 heterocycles. The average Bonchev–Trinajstić information content (AvgIpc) is 2.28. The van der Waals surface area contributed by atoms with Gasteiger partial charge in [-0.25, -0.2) is 4.39 Å². The highest BCUT2D eigenvalue weighted by atomic mass is 19.1. The third kappa shape index (κ3) is 4.55. The molecule has 0 aliphatic heterocycles. The van der Waals surface area contributed by atoms with E-state index in [0.29, 0.717) is 19.0 Å². The van der Waals surface area contributed by atoms with Gasteiger partial charge >= 0.3 is 0 Å². The first kappa shape index (κ1) is 13.7. The van der Waals surface area contributed by atoms with Crippen LogP contribution in [0.5, 0.6) is 0 Å². The van der Waals surface area contributed by atoms with Crippen LogP contribution in [0.15, 0.2) is 24.3 Å². The van der Waals surface area contributed by atoms with Crippen molar-refractivity contribution in [2.24, 2.45) is 5.92 Å². The first-order valence-electron chi connectivity index (χ1n) is 5.98. The van der Waals surface area contributed by atoms with Crippen LogP contribution in [0, 0.1) is 11.7 Å². The number of hydrogen-bond donors (Lipinski definition) is 0. The van der Waals surface area contributed by atoms with Crippen molar-refractivity contribution in [1.29, 1.82) is 0 Å². The number of benzene rings is 1. The molecule has 1 saturated carbocycles. The lowest BCUT2D eigenvalue weighted by Crippen LogP contribution is -2.18. The minimum absolute atomic E-state index is 0.133. The Bertz CT molecular complexity index is 329. The van der Waals surface area contributed by atoms with Gasteiger partial charge in [0.2, 0.25) is 0 Å². The molecule has 0 spiro atoms. The molecule has 0 bridgehead atoms. The van der Waals surface area contributed by atoms with Gasteiger partial charge in [0.25, 0.3) is 6.47 Å². The van der Waals surface area contributed by atoms with E-state index in [4.69, 9.17) is 0 Å². The molecule has 0 saturated heterocycles. The Balaban J connectivity index is 0.000000249. The minimum Gasteiger partial charge on any atom is -0.468 e. The molecule has 17 heavy (non-hydrogen) atoms. The molecule has 0 unspecified atom stereocenters. The van der Waals surface area contributed by atoms with Crippen LogP contribution < -0.4 is 0 Å². The maximum atomic E-state index is 12.5. The second kappa shape index (κ2) is 7.05. The molecule has 2 rings (SSSR count). The SMILES string of the molecule is CC1CC(c2ccc(F)cc2)C1.CCOC=O. The van der Waals surface area contributed by atoms with E-state index in [9.17, 15) is 9.18 Å². The molecule has 3 heteroatoms. The lowest BCUT2D eigenvalue weighted by molar-refractivity contribution is -0.128. The molecule has 0 atom stereocenters. The standard InChI is InChI=1S/C11H13F.C3H6O2/c1-8-6-10(7-8)9-2-4-11(12)5-3-9;1-2-5-3-4/h2-5,8,10H,6-7H2,1H3;3H,2H2,1H3. The Hall–Kier alpha value is -1.38. The zero-order valence-electron chi connectivity index (χ0n) is 10.4. The third-order valence-electron chi connectivity index (χ3n) is 2.95. The summed E-state index contributed by atoms with van der Waals surface area (Å²) in [5.74, 6) is 1.42. The molecule has 1 fully saturated rings. The Kier molecular flexibility index (Phi) is 5.67. The van der Waals surface area contributed by atoms with Crippen LogP contribution in [0.25, 0.3) is 0 Å². The fraction of sp³-hybridized carbons (Fsp3) is 0.500. The summed E-state index contributed by atoms with van der Waals surface area (Å²) in [7, 11) is 0. The number of carbonyl (C=O) groups excluding carboxylic acids is 1. The van der Waals surface area contributed by atoms with Gasteiger partial charge in [-0.1, -0.05) is 19.1 Å². The van der Waals surface area contributed by atoms with Crippen molar-refractivity contribution in [3.8, 4) is 0 Å². The minimum atomic E-state index is -0.133. The summed E-state index contributed by atoms with van der Waals surface area (Å²) in [5.41, 5.74) is 1.30. The molecule has 0 N–H and O–H groups in total. The van der Waals surface area contributed by atoms with Crippen LogP contribution in [0.4, 0.5) is 4.39 Å². The number of hydrogen-bond acceptors (Lipinski definition) is 2. The van der Waals surface area contributed by atoms with E-state index >= 15 is 0 Å². The lowest BCUT2D eigenvalue weighted by atomic mass is 9.72. The molecular formula is C14H19FO2. The highest BCUT2D eigenvalue weighted by Crippen LogP contribution is 2.40. The zero-order chi connectivity index (χ0) is 12.7. The fourth-order valence-electron chi connectivity index (χ4n) is 1.98. The van der Waals surface area contributed by atoms with Gasteiger partial charge in [-0.3, -0.25) is 4.79 Å². The van der Waals surface area contributed by atoms with Crippen molar-refractivity contribution < 1.29 is 13.9 Å². The number of carbonyl (C=O) groups is 1. The molecule has 1 aromatic rings. The second-order valence-electron chi connectivity index (χ2n) is 4.38. The summed E-state index contributed by atoms with van der Waals surface area (Å²) in [6.07, 6.45) is 2.54. The van der Waals surface area contributed by atoms with E-state index in [-0.39, 0.29) is 5.82 Å². The highest BCUT2D eigenvalue weighted by Gasteiger charge is 2.26. The van der Waals surface area contributed by atoms with Crippen molar-refractivity contribution in [1.82, 2.24) is 0 Å². The zero-order valence-corrected chi connectivity index (χ0v) is 10.4. The first-order chi connectivity index (χ1) is 8.17. The molecule has 0 amide bonds. The Morgan fingerprint density at radius 1 is 1.35 bits per heavy atom. The van der Waals surface area contributed by atoms with Crippen LogP contribution in [0.2, 0.25) is 0 Å². The smallest absolute Gasteiger partial charge is 0.293 e. The maximum absolute atomic E-state index is 12.5. The van der Waals surface area contributed by atoms with E-state index < -0.39 is 0 Å². The van der Waals surface area contributed by atoms with E-state index in [1.807, 2.05) is 12.1 Å². The van der Waals surface area contributed by atoms with Crippen molar-refractivity contribution in [3.05, 3.63) is 35.6 Å². The number of rotatable bonds is 3. The van der Waals surface area contributed by atoms with E-state index in [0.717, 1.165) is 5.92 Å².